The number of likely N-dealkylation sites (tertiary alicyclic amines) is 1. The third kappa shape index (κ3) is 4.99. The molecular weight excluding hydrogens is 523 g/mol. The number of pyridine rings is 1. The molecule has 210 valence electrons. The van der Waals surface area contributed by atoms with Crippen molar-refractivity contribution in [3.8, 4) is 0 Å². The van der Waals surface area contributed by atoms with Crippen LogP contribution in [0, 0.1) is 11.8 Å². The van der Waals surface area contributed by atoms with Crippen LogP contribution in [-0.4, -0.2) is 41.5 Å². The number of amides is 1. The molecule has 8 heteroatoms. The fourth-order valence-corrected chi connectivity index (χ4v) is 8.45. The molecule has 2 saturated heterocycles. The second-order valence-electron chi connectivity index (χ2n) is 12.1. The van der Waals surface area contributed by atoms with Gasteiger partial charge < -0.3 is 10.2 Å². The van der Waals surface area contributed by atoms with Crippen molar-refractivity contribution in [2.24, 2.45) is 11.8 Å². The van der Waals surface area contributed by atoms with E-state index in [1.54, 1.807) is 12.1 Å². The van der Waals surface area contributed by atoms with Gasteiger partial charge in [0.05, 0.1) is 11.5 Å². The number of nitrogens with one attached hydrogen (secondary N) is 1. The van der Waals surface area contributed by atoms with Crippen LogP contribution in [0.25, 0.3) is 0 Å². The summed E-state index contributed by atoms with van der Waals surface area (Å²) in [5.41, 5.74) is 1.70. The Morgan fingerprint density at radius 2 is 1.85 bits per heavy atom. The Kier molecular flexibility index (Phi) is 7.42. The van der Waals surface area contributed by atoms with Crippen LogP contribution in [0.1, 0.15) is 86.1 Å². The summed E-state index contributed by atoms with van der Waals surface area (Å²) in [4.78, 5) is 21.2. The number of nitrogens with zero attached hydrogens (tertiary/aromatic N) is 2. The minimum atomic E-state index is -4.38. The van der Waals surface area contributed by atoms with E-state index in [9.17, 15) is 18.0 Å². The van der Waals surface area contributed by atoms with Gasteiger partial charge in [0.2, 0.25) is 5.91 Å². The lowest BCUT2D eigenvalue weighted by Gasteiger charge is -2.48. The molecule has 6 rings (SSSR count). The molecule has 3 fully saturated rings. The van der Waals surface area contributed by atoms with Crippen molar-refractivity contribution in [1.82, 2.24) is 15.2 Å². The highest BCUT2D eigenvalue weighted by Gasteiger charge is 2.53. The molecule has 2 aliphatic carbocycles. The lowest BCUT2D eigenvalue weighted by Crippen LogP contribution is -2.55. The zero-order chi connectivity index (χ0) is 27.2. The number of piperidine rings is 1. The molecule has 1 aromatic heterocycles. The molecule has 39 heavy (non-hydrogen) atoms. The Morgan fingerprint density at radius 3 is 2.64 bits per heavy atom. The number of hydrogen-bond donors (Lipinski definition) is 1. The highest BCUT2D eigenvalue weighted by atomic mass is 35.5. The topological polar surface area (TPSA) is 45.2 Å². The second kappa shape index (κ2) is 10.7. The van der Waals surface area contributed by atoms with E-state index in [1.807, 2.05) is 6.07 Å². The summed E-state index contributed by atoms with van der Waals surface area (Å²) in [5, 5.41) is 4.01. The molecule has 2 aliphatic heterocycles. The molecule has 4 aliphatic rings. The van der Waals surface area contributed by atoms with Crippen LogP contribution in [0.2, 0.25) is 5.15 Å². The first-order chi connectivity index (χ1) is 18.8. The Labute approximate surface area is 233 Å². The fraction of sp³-hybridized carbons (Fsp3) is 0.613. The minimum Gasteiger partial charge on any atom is -0.339 e. The molecule has 1 spiro atoms. The predicted molar refractivity (Wildman–Crippen MR) is 146 cm³/mol. The van der Waals surface area contributed by atoms with Gasteiger partial charge in [0.25, 0.3) is 0 Å². The quantitative estimate of drug-likeness (QED) is 0.416. The molecule has 0 radical (unpaired) electrons. The molecule has 4 unspecified atom stereocenters. The maximum absolute atomic E-state index is 14.5. The van der Waals surface area contributed by atoms with E-state index in [1.165, 1.54) is 18.6 Å². The number of alkyl halides is 3. The van der Waals surface area contributed by atoms with Gasteiger partial charge in [0.1, 0.15) is 5.15 Å². The summed E-state index contributed by atoms with van der Waals surface area (Å²) < 4.78 is 41.8. The normalized spacial score (nSPS) is 29.9. The van der Waals surface area contributed by atoms with Gasteiger partial charge in [-0.1, -0.05) is 55.1 Å². The number of hydrogen-bond acceptors (Lipinski definition) is 3. The van der Waals surface area contributed by atoms with Gasteiger partial charge in [-0.05, 0) is 80.0 Å². The summed E-state index contributed by atoms with van der Waals surface area (Å²) in [6.07, 6.45) is 5.08. The number of aromatic nitrogens is 1. The zero-order valence-electron chi connectivity index (χ0n) is 22.3. The van der Waals surface area contributed by atoms with Crippen molar-refractivity contribution in [2.75, 3.05) is 19.6 Å². The van der Waals surface area contributed by atoms with Crippen LogP contribution in [0.3, 0.4) is 0 Å². The van der Waals surface area contributed by atoms with E-state index in [2.05, 4.69) is 21.3 Å². The van der Waals surface area contributed by atoms with Crippen LogP contribution >= 0.6 is 11.6 Å². The van der Waals surface area contributed by atoms with E-state index in [0.29, 0.717) is 42.6 Å². The molecule has 3 heterocycles. The first kappa shape index (κ1) is 27.1. The van der Waals surface area contributed by atoms with Crippen molar-refractivity contribution in [3.63, 3.8) is 0 Å². The van der Waals surface area contributed by atoms with Gasteiger partial charge >= 0.3 is 6.18 Å². The van der Waals surface area contributed by atoms with E-state index in [-0.39, 0.29) is 29.2 Å². The third-order valence-electron chi connectivity index (χ3n) is 10.1. The second-order valence-corrected chi connectivity index (χ2v) is 12.5. The van der Waals surface area contributed by atoms with Gasteiger partial charge in [-0.2, -0.15) is 13.2 Å². The Balaban J connectivity index is 1.32. The molecule has 4 atom stereocenters. The molecular formula is C31H37ClF3N3O. The monoisotopic (exact) mass is 559 g/mol. The molecule has 1 saturated carbocycles. The van der Waals surface area contributed by atoms with Crippen molar-refractivity contribution in [3.05, 3.63) is 63.9 Å². The molecule has 4 nitrogen and oxygen atoms in total. The van der Waals surface area contributed by atoms with Gasteiger partial charge in [0.15, 0.2) is 0 Å². The number of carbonyl (C=O) groups excluding carboxylic acids is 1. The Bertz CT molecular complexity index is 1210. The summed E-state index contributed by atoms with van der Waals surface area (Å²) in [5.74, 6) is 0.106. The van der Waals surface area contributed by atoms with Crippen LogP contribution in [0.15, 0.2) is 36.4 Å². The number of fused-ring (bicyclic) bond motifs is 2. The first-order valence-electron chi connectivity index (χ1n) is 14.6. The SMILES string of the molecule is O=C(C1CNCC12CCCc1nc(Cl)ccc12)N1CCC(c2ccccc2C(F)(F)F)CC1C1CCCCC1. The lowest BCUT2D eigenvalue weighted by atomic mass is 9.64. The average Bonchev–Trinajstić information content (AvgIpc) is 3.36. The smallest absolute Gasteiger partial charge is 0.339 e. The number of aryl methyl sites for hydroxylation is 1. The number of halogens is 4. The van der Waals surface area contributed by atoms with Crippen molar-refractivity contribution in [1.29, 1.82) is 0 Å². The van der Waals surface area contributed by atoms with Crippen LogP contribution < -0.4 is 5.32 Å². The van der Waals surface area contributed by atoms with Crippen LogP contribution in [-0.2, 0) is 22.8 Å². The number of carbonyl (C=O) groups is 1. The summed E-state index contributed by atoms with van der Waals surface area (Å²) in [6.45, 7) is 1.87. The van der Waals surface area contributed by atoms with Crippen molar-refractivity contribution < 1.29 is 18.0 Å². The number of benzene rings is 1. The predicted octanol–water partition coefficient (Wildman–Crippen LogP) is 6.90. The molecule has 1 N–H and O–H groups in total. The average molecular weight is 560 g/mol. The Morgan fingerprint density at radius 1 is 1.05 bits per heavy atom. The standard InChI is InChI=1S/C31H37ClF3N3O/c32-28-13-12-24-26(37-28)11-6-15-30(24)19-36-18-25(30)29(39)38-16-14-21(17-27(38)20-7-2-1-3-8-20)22-9-4-5-10-23(22)31(33,34)35/h4-5,9-10,12-13,20-21,25,27,36H,1-3,6-8,11,14-19H2. The highest BCUT2D eigenvalue weighted by Crippen LogP contribution is 2.48. The maximum atomic E-state index is 14.5. The van der Waals surface area contributed by atoms with E-state index in [4.69, 9.17) is 11.6 Å². The van der Waals surface area contributed by atoms with E-state index in [0.717, 1.165) is 62.7 Å². The van der Waals surface area contributed by atoms with Crippen molar-refractivity contribution in [2.45, 2.75) is 87.8 Å². The molecule has 1 aromatic carbocycles. The molecule has 2 aromatic rings. The summed E-state index contributed by atoms with van der Waals surface area (Å²) in [7, 11) is 0. The summed E-state index contributed by atoms with van der Waals surface area (Å²) >= 11 is 6.23. The molecule has 0 bridgehead atoms. The van der Waals surface area contributed by atoms with Gasteiger partial charge in [0, 0.05) is 36.8 Å². The van der Waals surface area contributed by atoms with Crippen molar-refractivity contribution >= 4 is 17.5 Å². The van der Waals surface area contributed by atoms with Gasteiger partial charge in [-0.15, -0.1) is 0 Å². The molecule has 1 amide bonds. The van der Waals surface area contributed by atoms with Crippen LogP contribution in [0.5, 0.6) is 0 Å². The van der Waals surface area contributed by atoms with E-state index < -0.39 is 11.7 Å². The Hall–Kier alpha value is -2.12. The van der Waals surface area contributed by atoms with Gasteiger partial charge in [-0.25, -0.2) is 4.98 Å². The first-order valence-corrected chi connectivity index (χ1v) is 15.0. The summed E-state index contributed by atoms with van der Waals surface area (Å²) in [6, 6.07) is 9.92. The minimum absolute atomic E-state index is 0.0260. The lowest BCUT2D eigenvalue weighted by molar-refractivity contribution is -0.144. The third-order valence-corrected chi connectivity index (χ3v) is 10.3. The number of rotatable bonds is 3. The zero-order valence-corrected chi connectivity index (χ0v) is 23.0. The fourth-order valence-electron chi connectivity index (χ4n) is 8.28. The largest absolute Gasteiger partial charge is 0.416 e. The maximum Gasteiger partial charge on any atom is 0.416 e. The highest BCUT2D eigenvalue weighted by molar-refractivity contribution is 6.29. The van der Waals surface area contributed by atoms with E-state index >= 15 is 0 Å². The van der Waals surface area contributed by atoms with Crippen LogP contribution in [0.4, 0.5) is 13.2 Å². The van der Waals surface area contributed by atoms with Gasteiger partial charge in [-0.3, -0.25) is 4.79 Å².